The van der Waals surface area contributed by atoms with Gasteiger partial charge in [0.05, 0.1) is 13.2 Å². The fourth-order valence-electron chi connectivity index (χ4n) is 8.38. The Balaban J connectivity index is -0.0000000285. The second-order valence-corrected chi connectivity index (χ2v) is 21.3. The lowest BCUT2D eigenvalue weighted by molar-refractivity contribution is 0.103. The fourth-order valence-corrected chi connectivity index (χ4v) is 8.38. The molecule has 4 aromatic rings. The molecule has 1 atom stereocenters. The predicted octanol–water partition coefficient (Wildman–Crippen LogP) is 25.0. The zero-order valence-corrected chi connectivity index (χ0v) is 57.9. The molecule has 0 aliphatic heterocycles. The van der Waals surface area contributed by atoms with E-state index in [1.54, 1.807) is 0 Å². The van der Waals surface area contributed by atoms with Crippen molar-refractivity contribution < 1.29 is 91.6 Å². The summed E-state index contributed by atoms with van der Waals surface area (Å²) in [6.07, 6.45) is 38.1. The van der Waals surface area contributed by atoms with E-state index >= 15 is 0 Å². The van der Waals surface area contributed by atoms with Crippen LogP contribution in [-0.2, 0) is 9.47 Å². The van der Waals surface area contributed by atoms with Gasteiger partial charge in [0.2, 0.25) is 0 Å². The quantitative estimate of drug-likeness (QED) is 0.0298. The number of aliphatic hydroxyl groups excluding tert-OH is 1. The molecule has 0 saturated heterocycles. The first kappa shape index (κ1) is 82.3. The minimum absolute atomic E-state index is 0. The van der Waals surface area contributed by atoms with E-state index in [9.17, 15) is 9.90 Å². The molecule has 0 fully saturated rings. The molecule has 582 valence electrons. The van der Waals surface area contributed by atoms with Gasteiger partial charge in [0, 0.05) is 216 Å². The number of aryl methyl sites for hydroxylation is 2. The summed E-state index contributed by atoms with van der Waals surface area (Å²) in [6.45, 7) is 6.67. The third-order valence-electron chi connectivity index (χ3n) is 13.5. The van der Waals surface area contributed by atoms with Crippen LogP contribution in [0.5, 0.6) is 11.5 Å². The van der Waals surface area contributed by atoms with E-state index in [-0.39, 0.29) is 68.6 Å². The predicted molar refractivity (Wildman–Crippen MR) is 504 cm³/mol. The molecule has 0 saturated carbocycles. The van der Waals surface area contributed by atoms with Crippen molar-refractivity contribution >= 4 is 5.78 Å². The van der Waals surface area contributed by atoms with Crippen molar-refractivity contribution in [3.05, 3.63) is 130 Å². The van der Waals surface area contributed by atoms with Gasteiger partial charge in [-0.05, 0) is 182 Å². The van der Waals surface area contributed by atoms with Crippen LogP contribution in [-0.4, -0.2) is 37.3 Å². The normalized spacial score (nSPS) is 8.28. The van der Waals surface area contributed by atoms with Crippen molar-refractivity contribution in [3.8, 4) is 273 Å². The molecule has 4 rings (SSSR count). The lowest BCUT2D eigenvalue weighted by atomic mass is 10.0. The maximum absolute atomic E-state index is 12.6. The largest absolute Gasteiger partial charge is 0.494 e. The Bertz CT molecular complexity index is 4970. The maximum Gasteiger partial charge on any atom is 0.193 e. The number of rotatable bonds is 32. The van der Waals surface area contributed by atoms with Gasteiger partial charge in [0.25, 0.3) is 0 Å². The lowest BCUT2D eigenvalue weighted by Crippen LogP contribution is -2.02. The van der Waals surface area contributed by atoms with Gasteiger partial charge >= 0.3 is 0 Å². The SMILES string of the molecule is C#CC#CC#CC#CC#CC#CC#CC#CC#CC#CC#COCCCCCCCCCCCCOc1ccc(C(=O)c2ccc(C)cc2)cc1.C#CC#CC#CC#CC#CC#CC#CC#CC#CC#CC#COCCCCCCCCCCCCOc1ccc(C(O)c2ccc(C)cc2)cc1.[HH].[HH].[HH].[HH].[HH].[HH].[HH].[HH].[HH].[HH].[HH].[HH].[HH].[HH].[HH].[HH].[HH].[HH].[HH].[HH].[HH].[HH].[HH].[HH].[HH].[HH].[HH].[HH].[HH].[HH].[HH].[HH].[HH].[HH].[HH].[HH].[HH].[HH].[HH].[HH].[HH].[HH].[HH].[HH]. The number of hydrogen-bond donors (Lipinski definition) is 1. The third kappa shape index (κ3) is 47.8. The molecule has 0 amide bonds. The highest BCUT2D eigenvalue weighted by molar-refractivity contribution is 6.09. The highest BCUT2D eigenvalue weighted by Gasteiger charge is 2.11. The highest BCUT2D eigenvalue weighted by Crippen LogP contribution is 2.25. The first-order valence-electron chi connectivity index (χ1n) is 33.4. The first-order chi connectivity index (χ1) is 50.4. The Morgan fingerprint density at radius 3 is 0.775 bits per heavy atom. The zero-order chi connectivity index (χ0) is 72.6. The number of terminal acetylenes is 2. The van der Waals surface area contributed by atoms with Crippen LogP contribution in [0.15, 0.2) is 97.1 Å². The van der Waals surface area contributed by atoms with Gasteiger partial charge in [-0.3, -0.25) is 4.79 Å². The average Bonchev–Trinajstić information content (AvgIpc) is 0.855. The van der Waals surface area contributed by atoms with E-state index in [4.69, 9.17) is 31.8 Å². The summed E-state index contributed by atoms with van der Waals surface area (Å²) >= 11 is 0. The number of ketones is 1. The number of ether oxygens (including phenoxy) is 4. The smallest absolute Gasteiger partial charge is 0.193 e. The minimum atomic E-state index is -0.624. The van der Waals surface area contributed by atoms with Crippen molar-refractivity contribution in [1.82, 2.24) is 0 Å². The summed E-state index contributed by atoms with van der Waals surface area (Å²) in [6, 6.07) is 30.8. The summed E-state index contributed by atoms with van der Waals surface area (Å²) in [5.74, 6) is 102. The molecular weight excluding hydrogens is 1250 g/mol. The Hall–Kier alpha value is -14.0. The average molecular weight is 1410 g/mol. The van der Waals surface area contributed by atoms with E-state index in [1.165, 1.54) is 95.5 Å². The summed E-state index contributed by atoms with van der Waals surface area (Å²) in [5.41, 5.74) is 5.46. The van der Waals surface area contributed by atoms with Crippen LogP contribution >= 0.6 is 0 Å². The standard InChI is InChI=1S/C48H38O3.C48H36O3.44H2/c2*1-3-4-5-6-7-8-9-10-11-12-13-14-15-16-17-18-21-24-27-30-41-50-42-31-28-25-22-19-20-23-26-29-32-43-51-47-39-37-46(38-40-47)48(49)45-35-33-44(2)34-36-45;;;;;;;;;;;;;;;;;;;;;;;;;;;;;;;;;;;;;;;;;;;;/h1,33-40,48-49H,19-20,22-23,25-26,28-29,31-32,42-43H2,2H3;1,33-40H,19-20,22-23,25-26,28-29,31-32,42-43H2,2H3;44*1H. The number of benzene rings is 4. The number of carbonyl (C=O) groups is 1. The molecule has 0 bridgehead atoms. The molecule has 0 radical (unpaired) electrons. The van der Waals surface area contributed by atoms with Crippen molar-refractivity contribution in [2.45, 2.75) is 148 Å². The molecule has 0 heterocycles. The molecule has 102 heavy (non-hydrogen) atoms. The molecule has 6 nitrogen and oxygen atoms in total. The van der Waals surface area contributed by atoms with Gasteiger partial charge in [-0.1, -0.05) is 175 Å². The summed E-state index contributed by atoms with van der Waals surface area (Å²) < 4.78 is 22.4. The van der Waals surface area contributed by atoms with Crippen LogP contribution in [0.1, 0.15) is 235 Å². The summed E-state index contributed by atoms with van der Waals surface area (Å²) in [7, 11) is 0. The van der Waals surface area contributed by atoms with Crippen LogP contribution in [0.4, 0.5) is 0 Å². The van der Waals surface area contributed by atoms with Crippen LogP contribution < -0.4 is 9.47 Å². The molecular formula is C96H162O6. The second kappa shape index (κ2) is 61.9. The lowest BCUT2D eigenvalue weighted by Gasteiger charge is -2.13. The Kier molecular flexibility index (Phi) is 49.9. The summed E-state index contributed by atoms with van der Waals surface area (Å²) in [4.78, 5) is 12.6. The topological polar surface area (TPSA) is 74.2 Å². The van der Waals surface area contributed by atoms with Gasteiger partial charge in [0.15, 0.2) is 5.78 Å². The maximum atomic E-state index is 12.6. The van der Waals surface area contributed by atoms with Crippen LogP contribution in [0, 0.1) is 276 Å². The number of unbranched alkanes of at least 4 members (excludes halogenated alkanes) is 18. The van der Waals surface area contributed by atoms with E-state index in [2.05, 4.69) is 249 Å². The molecule has 1 N–H and O–H groups in total. The van der Waals surface area contributed by atoms with Crippen molar-refractivity contribution in [1.29, 1.82) is 0 Å². The molecule has 0 aromatic heterocycles. The zero-order valence-electron chi connectivity index (χ0n) is 57.9. The van der Waals surface area contributed by atoms with Gasteiger partial charge in [-0.2, -0.15) is 0 Å². The van der Waals surface area contributed by atoms with E-state index < -0.39 is 6.10 Å². The third-order valence-corrected chi connectivity index (χ3v) is 13.5. The van der Waals surface area contributed by atoms with Gasteiger partial charge in [0.1, 0.15) is 43.0 Å². The van der Waals surface area contributed by atoms with Crippen LogP contribution in [0.2, 0.25) is 0 Å². The van der Waals surface area contributed by atoms with E-state index in [0.29, 0.717) is 30.9 Å². The van der Waals surface area contributed by atoms with Gasteiger partial charge < -0.3 is 24.1 Å². The molecule has 6 heteroatoms. The van der Waals surface area contributed by atoms with Crippen molar-refractivity contribution in [3.63, 3.8) is 0 Å². The van der Waals surface area contributed by atoms with E-state index in [1.807, 2.05) is 111 Å². The Labute approximate surface area is 675 Å². The molecule has 0 spiro atoms. The number of aliphatic hydroxyl groups is 1. The Morgan fingerprint density at radius 2 is 0.500 bits per heavy atom. The molecule has 4 aromatic carbocycles. The molecule has 0 aliphatic carbocycles. The van der Waals surface area contributed by atoms with Crippen molar-refractivity contribution in [2.75, 3.05) is 26.4 Å². The fraction of sp³-hybridized carbons (Fsp3) is 0.281. The van der Waals surface area contributed by atoms with Crippen LogP contribution in [0.3, 0.4) is 0 Å². The summed E-state index contributed by atoms with van der Waals surface area (Å²) in [5, 5.41) is 10.6. The monoisotopic (exact) mass is 1410 g/mol. The Morgan fingerprint density at radius 1 is 0.294 bits per heavy atom. The first-order valence-corrected chi connectivity index (χ1v) is 33.4. The van der Waals surface area contributed by atoms with Gasteiger partial charge in [-0.15, -0.1) is 12.8 Å². The number of carbonyl (C=O) groups excluding carboxylic acids is 1. The highest BCUT2D eigenvalue weighted by atomic mass is 16.5. The second-order valence-electron chi connectivity index (χ2n) is 21.3. The van der Waals surface area contributed by atoms with Crippen LogP contribution in [0.25, 0.3) is 0 Å². The van der Waals surface area contributed by atoms with Crippen molar-refractivity contribution in [2.24, 2.45) is 0 Å². The molecule has 0 aliphatic rings. The van der Waals surface area contributed by atoms with E-state index in [0.717, 1.165) is 73.3 Å². The van der Waals surface area contributed by atoms with Gasteiger partial charge in [-0.25, -0.2) is 0 Å². The number of hydrogen-bond acceptors (Lipinski definition) is 6. The molecule has 1 unspecified atom stereocenters. The minimum Gasteiger partial charge on any atom is -0.494 e.